The SMILES string of the molecule is CCO.S=c1ccnc[nH]1. The summed E-state index contributed by atoms with van der Waals surface area (Å²) in [6.45, 7) is 1.93. The first-order chi connectivity index (χ1) is 4.81. The fourth-order valence-corrected chi connectivity index (χ4v) is 0.416. The Morgan fingerprint density at radius 1 is 1.80 bits per heavy atom. The highest BCUT2D eigenvalue weighted by atomic mass is 32.1. The molecule has 1 heterocycles. The van der Waals surface area contributed by atoms with Crippen LogP contribution in [0.5, 0.6) is 0 Å². The summed E-state index contributed by atoms with van der Waals surface area (Å²) in [5.74, 6) is 0. The van der Waals surface area contributed by atoms with Gasteiger partial charge in [0.15, 0.2) is 0 Å². The standard InChI is InChI=1S/C4H4N2S.C2H6O/c7-4-1-2-5-3-6-4;1-2-3/h1-3H,(H,5,6,7);3H,2H2,1H3. The van der Waals surface area contributed by atoms with E-state index >= 15 is 0 Å². The molecule has 0 aromatic carbocycles. The zero-order chi connectivity index (χ0) is 7.82. The summed E-state index contributed by atoms with van der Waals surface area (Å²) in [6, 6.07) is 1.73. The predicted molar refractivity (Wildman–Crippen MR) is 42.2 cm³/mol. The molecule has 0 atom stereocenters. The van der Waals surface area contributed by atoms with Gasteiger partial charge in [-0.3, -0.25) is 0 Å². The molecule has 0 aliphatic heterocycles. The first kappa shape index (κ1) is 9.26. The van der Waals surface area contributed by atoms with Crippen molar-refractivity contribution in [2.45, 2.75) is 6.92 Å². The summed E-state index contributed by atoms with van der Waals surface area (Å²) in [5, 5.41) is 7.57. The first-order valence-electron chi connectivity index (χ1n) is 2.90. The number of nitrogens with zero attached hydrogens (tertiary/aromatic N) is 1. The van der Waals surface area contributed by atoms with Crippen molar-refractivity contribution in [1.82, 2.24) is 9.97 Å². The Kier molecular flexibility index (Phi) is 5.91. The van der Waals surface area contributed by atoms with Crippen molar-refractivity contribution in [3.8, 4) is 0 Å². The van der Waals surface area contributed by atoms with Gasteiger partial charge in [-0.15, -0.1) is 0 Å². The van der Waals surface area contributed by atoms with Gasteiger partial charge in [0.2, 0.25) is 0 Å². The molecule has 0 bridgehead atoms. The summed E-state index contributed by atoms with van der Waals surface area (Å²) < 4.78 is 0.718. The molecular weight excluding hydrogens is 148 g/mol. The van der Waals surface area contributed by atoms with Crippen molar-refractivity contribution in [3.63, 3.8) is 0 Å². The van der Waals surface area contributed by atoms with Crippen molar-refractivity contribution in [3.05, 3.63) is 23.2 Å². The van der Waals surface area contributed by atoms with Gasteiger partial charge in [0.25, 0.3) is 0 Å². The van der Waals surface area contributed by atoms with E-state index < -0.39 is 0 Å². The molecule has 3 nitrogen and oxygen atoms in total. The van der Waals surface area contributed by atoms with Crippen LogP contribution in [0, 0.1) is 4.64 Å². The minimum atomic E-state index is 0.250. The molecule has 0 fully saturated rings. The number of hydrogen-bond donors (Lipinski definition) is 2. The third kappa shape index (κ3) is 5.40. The number of H-pyrrole nitrogens is 1. The van der Waals surface area contributed by atoms with Gasteiger partial charge in [0.1, 0.15) is 4.64 Å². The molecule has 10 heavy (non-hydrogen) atoms. The number of rotatable bonds is 0. The van der Waals surface area contributed by atoms with Crippen LogP contribution in [0.1, 0.15) is 6.92 Å². The van der Waals surface area contributed by atoms with Gasteiger partial charge in [0.05, 0.1) is 6.33 Å². The Bertz CT molecular complexity index is 193. The normalized spacial score (nSPS) is 7.80. The lowest BCUT2D eigenvalue weighted by Crippen LogP contribution is -1.71. The van der Waals surface area contributed by atoms with Crippen LogP contribution in [0.3, 0.4) is 0 Å². The minimum Gasteiger partial charge on any atom is -0.397 e. The second-order valence-electron chi connectivity index (χ2n) is 1.42. The monoisotopic (exact) mass is 158 g/mol. The Morgan fingerprint density at radius 3 is 2.60 bits per heavy atom. The van der Waals surface area contributed by atoms with E-state index in [4.69, 9.17) is 17.3 Å². The van der Waals surface area contributed by atoms with Crippen LogP contribution in [0.4, 0.5) is 0 Å². The van der Waals surface area contributed by atoms with E-state index in [1.807, 2.05) is 0 Å². The highest BCUT2D eigenvalue weighted by molar-refractivity contribution is 7.71. The average molecular weight is 158 g/mol. The number of nitrogens with one attached hydrogen (secondary N) is 1. The topological polar surface area (TPSA) is 48.9 Å². The third-order valence-corrected chi connectivity index (χ3v) is 0.847. The molecule has 0 saturated carbocycles. The van der Waals surface area contributed by atoms with E-state index in [-0.39, 0.29) is 6.61 Å². The summed E-state index contributed by atoms with van der Waals surface area (Å²) in [5.41, 5.74) is 0. The fourth-order valence-electron chi connectivity index (χ4n) is 0.303. The Labute approximate surface area is 64.8 Å². The molecule has 56 valence electrons. The van der Waals surface area contributed by atoms with Crippen molar-refractivity contribution in [2.75, 3.05) is 6.61 Å². The van der Waals surface area contributed by atoms with E-state index in [1.165, 1.54) is 0 Å². The van der Waals surface area contributed by atoms with Crippen molar-refractivity contribution in [2.24, 2.45) is 0 Å². The second kappa shape index (κ2) is 6.38. The highest BCUT2D eigenvalue weighted by Gasteiger charge is 1.66. The molecule has 0 aliphatic rings. The van der Waals surface area contributed by atoms with Gasteiger partial charge in [-0.05, 0) is 13.0 Å². The molecule has 1 aromatic heterocycles. The zero-order valence-electron chi connectivity index (χ0n) is 5.74. The molecule has 1 aromatic rings. The Morgan fingerprint density at radius 2 is 2.40 bits per heavy atom. The molecule has 0 amide bonds. The van der Waals surface area contributed by atoms with Crippen molar-refractivity contribution < 1.29 is 5.11 Å². The second-order valence-corrected chi connectivity index (χ2v) is 1.86. The number of aliphatic hydroxyl groups excluding tert-OH is 1. The molecule has 0 spiro atoms. The molecule has 0 aliphatic carbocycles. The van der Waals surface area contributed by atoms with E-state index in [1.54, 1.807) is 25.5 Å². The molecule has 0 radical (unpaired) electrons. The van der Waals surface area contributed by atoms with Crippen LogP contribution in [0.15, 0.2) is 18.6 Å². The maximum atomic E-state index is 7.57. The van der Waals surface area contributed by atoms with Gasteiger partial charge >= 0.3 is 0 Å². The van der Waals surface area contributed by atoms with Crippen LogP contribution < -0.4 is 0 Å². The maximum absolute atomic E-state index is 7.57. The van der Waals surface area contributed by atoms with Crippen LogP contribution >= 0.6 is 12.2 Å². The summed E-state index contributed by atoms with van der Waals surface area (Å²) >= 11 is 4.72. The summed E-state index contributed by atoms with van der Waals surface area (Å²) in [6.07, 6.45) is 3.21. The number of aliphatic hydroxyl groups is 1. The van der Waals surface area contributed by atoms with Gasteiger partial charge in [0, 0.05) is 12.8 Å². The first-order valence-corrected chi connectivity index (χ1v) is 3.31. The van der Waals surface area contributed by atoms with Crippen LogP contribution in [-0.2, 0) is 0 Å². The summed E-state index contributed by atoms with van der Waals surface area (Å²) in [4.78, 5) is 6.46. The number of hydrogen-bond acceptors (Lipinski definition) is 3. The average Bonchev–Trinajstić information content (AvgIpc) is 1.91. The fraction of sp³-hybridized carbons (Fsp3) is 0.333. The predicted octanol–water partition coefficient (Wildman–Crippen LogP) is 1.14. The third-order valence-electron chi connectivity index (χ3n) is 0.593. The zero-order valence-corrected chi connectivity index (χ0v) is 6.56. The largest absolute Gasteiger partial charge is 0.397 e. The smallest absolute Gasteiger partial charge is 0.105 e. The molecular formula is C6H10N2OS. The van der Waals surface area contributed by atoms with Crippen LogP contribution in [-0.4, -0.2) is 21.7 Å². The van der Waals surface area contributed by atoms with Crippen molar-refractivity contribution >= 4 is 12.2 Å². The Hall–Kier alpha value is -0.740. The van der Waals surface area contributed by atoms with Crippen LogP contribution in [0.25, 0.3) is 0 Å². The van der Waals surface area contributed by atoms with Gasteiger partial charge in [-0.2, -0.15) is 0 Å². The van der Waals surface area contributed by atoms with E-state index in [0.29, 0.717) is 0 Å². The van der Waals surface area contributed by atoms with Gasteiger partial charge in [-0.25, -0.2) is 4.98 Å². The lowest BCUT2D eigenvalue weighted by Gasteiger charge is -1.76. The van der Waals surface area contributed by atoms with Gasteiger partial charge in [-0.1, -0.05) is 12.2 Å². The highest BCUT2D eigenvalue weighted by Crippen LogP contribution is 1.76. The van der Waals surface area contributed by atoms with E-state index in [9.17, 15) is 0 Å². The Balaban J connectivity index is 0.000000236. The maximum Gasteiger partial charge on any atom is 0.105 e. The quantitative estimate of drug-likeness (QED) is 0.557. The van der Waals surface area contributed by atoms with E-state index in [2.05, 4.69) is 9.97 Å². The molecule has 0 unspecified atom stereocenters. The van der Waals surface area contributed by atoms with Crippen LogP contribution in [0.2, 0.25) is 0 Å². The molecule has 1 rings (SSSR count). The minimum absolute atomic E-state index is 0.250. The lowest BCUT2D eigenvalue weighted by molar-refractivity contribution is 0.318. The number of aromatic amines is 1. The molecule has 0 saturated heterocycles. The molecule has 4 heteroatoms. The number of aromatic nitrogens is 2. The van der Waals surface area contributed by atoms with Gasteiger partial charge < -0.3 is 10.1 Å². The summed E-state index contributed by atoms with van der Waals surface area (Å²) in [7, 11) is 0. The van der Waals surface area contributed by atoms with E-state index in [0.717, 1.165) is 4.64 Å². The molecule has 2 N–H and O–H groups in total. The lowest BCUT2D eigenvalue weighted by atomic mass is 10.7. The van der Waals surface area contributed by atoms with Crippen molar-refractivity contribution in [1.29, 1.82) is 0 Å².